The van der Waals surface area contributed by atoms with Crippen molar-refractivity contribution in [3.8, 4) is 5.75 Å². The van der Waals surface area contributed by atoms with E-state index in [-0.39, 0.29) is 29.8 Å². The summed E-state index contributed by atoms with van der Waals surface area (Å²) < 4.78 is 16.4. The van der Waals surface area contributed by atoms with Crippen molar-refractivity contribution >= 4 is 5.91 Å². The number of nitrogens with one attached hydrogen (secondary N) is 1. The first-order chi connectivity index (χ1) is 14.2. The zero-order valence-corrected chi connectivity index (χ0v) is 16.4. The number of hydrogen-bond donors (Lipinski definition) is 1. The normalized spacial score (nSPS) is 19.0. The van der Waals surface area contributed by atoms with Gasteiger partial charge in [-0.15, -0.1) is 0 Å². The lowest BCUT2D eigenvalue weighted by Crippen LogP contribution is -2.35. The highest BCUT2D eigenvalue weighted by atomic mass is 16.5. The van der Waals surface area contributed by atoms with Gasteiger partial charge in [0.2, 0.25) is 11.2 Å². The number of hydrogen-bond acceptors (Lipinski definition) is 6. The second kappa shape index (κ2) is 9.24. The van der Waals surface area contributed by atoms with E-state index in [4.69, 9.17) is 13.9 Å². The van der Waals surface area contributed by atoms with Gasteiger partial charge in [-0.05, 0) is 30.4 Å². The Labute approximate surface area is 169 Å². The number of nitrogens with zero attached hydrogens (tertiary/aromatic N) is 1. The van der Waals surface area contributed by atoms with E-state index in [0.29, 0.717) is 18.8 Å². The molecule has 1 saturated heterocycles. The van der Waals surface area contributed by atoms with E-state index in [1.165, 1.54) is 23.5 Å². The number of benzene rings is 1. The molecule has 4 rings (SSSR count). The maximum atomic E-state index is 12.3. The lowest BCUT2D eigenvalue weighted by molar-refractivity contribution is -0.123. The molecule has 2 aliphatic heterocycles. The summed E-state index contributed by atoms with van der Waals surface area (Å²) in [5, 5.41) is 2.76. The highest BCUT2D eigenvalue weighted by Crippen LogP contribution is 2.20. The number of amides is 1. The molecule has 0 radical (unpaired) electrons. The number of fused-ring (bicyclic) bond motifs is 1. The standard InChI is InChI=1S/C22H26N2O5/c25-20-10-19(13-24-8-7-16-4-1-2-5-17(16)12-24)28-14-21(20)29-15-22(26)23-11-18-6-3-9-27-18/h1-2,4-5,10,14,18H,3,6-9,11-13,15H2,(H,23,26)/t18-/m0/s1. The third-order valence-electron chi connectivity index (χ3n) is 5.35. The summed E-state index contributed by atoms with van der Waals surface area (Å²) in [5.41, 5.74) is 2.41. The fourth-order valence-electron chi connectivity index (χ4n) is 3.76. The summed E-state index contributed by atoms with van der Waals surface area (Å²) in [7, 11) is 0. The van der Waals surface area contributed by atoms with Crippen LogP contribution in [0.3, 0.4) is 0 Å². The van der Waals surface area contributed by atoms with E-state index in [1.807, 2.05) is 6.07 Å². The summed E-state index contributed by atoms with van der Waals surface area (Å²) in [4.78, 5) is 26.4. The van der Waals surface area contributed by atoms with Gasteiger partial charge in [-0.25, -0.2) is 0 Å². The zero-order chi connectivity index (χ0) is 20.1. The van der Waals surface area contributed by atoms with Gasteiger partial charge in [0.05, 0.1) is 12.6 Å². The molecule has 3 heterocycles. The Morgan fingerprint density at radius 2 is 2.14 bits per heavy atom. The maximum Gasteiger partial charge on any atom is 0.258 e. The summed E-state index contributed by atoms with van der Waals surface area (Å²) in [6.07, 6.45) is 4.33. The number of carbonyl (C=O) groups excluding carboxylic acids is 1. The van der Waals surface area contributed by atoms with Crippen molar-refractivity contribution in [1.82, 2.24) is 10.2 Å². The van der Waals surface area contributed by atoms with Gasteiger partial charge in [-0.2, -0.15) is 0 Å². The molecule has 1 aromatic carbocycles. The Morgan fingerprint density at radius 1 is 1.28 bits per heavy atom. The number of ether oxygens (including phenoxy) is 2. The molecular formula is C22H26N2O5. The number of carbonyl (C=O) groups is 1. The monoisotopic (exact) mass is 398 g/mol. The molecule has 0 aliphatic carbocycles. The van der Waals surface area contributed by atoms with Gasteiger partial charge in [0, 0.05) is 32.3 Å². The van der Waals surface area contributed by atoms with Crippen LogP contribution >= 0.6 is 0 Å². The predicted molar refractivity (Wildman–Crippen MR) is 107 cm³/mol. The van der Waals surface area contributed by atoms with Crippen LogP contribution in [0.2, 0.25) is 0 Å². The molecule has 7 heteroatoms. The van der Waals surface area contributed by atoms with Crippen molar-refractivity contribution in [3.63, 3.8) is 0 Å². The maximum absolute atomic E-state index is 12.3. The fourth-order valence-corrected chi connectivity index (χ4v) is 3.76. The van der Waals surface area contributed by atoms with E-state index in [0.717, 1.165) is 39.0 Å². The molecule has 0 saturated carbocycles. The highest BCUT2D eigenvalue weighted by molar-refractivity contribution is 5.77. The summed E-state index contributed by atoms with van der Waals surface area (Å²) in [6.45, 7) is 3.31. The lowest BCUT2D eigenvalue weighted by Gasteiger charge is -2.28. The molecule has 1 atom stereocenters. The Kier molecular flexibility index (Phi) is 6.27. The molecule has 29 heavy (non-hydrogen) atoms. The smallest absolute Gasteiger partial charge is 0.258 e. The van der Waals surface area contributed by atoms with E-state index >= 15 is 0 Å². The van der Waals surface area contributed by atoms with Crippen LogP contribution in [-0.4, -0.2) is 43.2 Å². The van der Waals surface area contributed by atoms with Crippen molar-refractivity contribution in [1.29, 1.82) is 0 Å². The van der Waals surface area contributed by atoms with Crippen molar-refractivity contribution < 1.29 is 18.7 Å². The zero-order valence-electron chi connectivity index (χ0n) is 16.4. The third-order valence-corrected chi connectivity index (χ3v) is 5.35. The first-order valence-electron chi connectivity index (χ1n) is 10.1. The topological polar surface area (TPSA) is 81.0 Å². The van der Waals surface area contributed by atoms with Crippen molar-refractivity contribution in [2.45, 2.75) is 38.5 Å². The van der Waals surface area contributed by atoms with Gasteiger partial charge in [0.1, 0.15) is 12.0 Å². The van der Waals surface area contributed by atoms with Crippen LogP contribution in [0.15, 0.2) is 45.8 Å². The van der Waals surface area contributed by atoms with Crippen LogP contribution in [0.5, 0.6) is 5.75 Å². The van der Waals surface area contributed by atoms with Gasteiger partial charge in [0.25, 0.3) is 5.91 Å². The van der Waals surface area contributed by atoms with Crippen molar-refractivity contribution in [2.24, 2.45) is 0 Å². The van der Waals surface area contributed by atoms with E-state index in [9.17, 15) is 9.59 Å². The minimum absolute atomic E-state index is 0.0463. The second-order valence-corrected chi connectivity index (χ2v) is 7.53. The lowest BCUT2D eigenvalue weighted by atomic mass is 10.00. The molecule has 1 N–H and O–H groups in total. The Bertz CT molecular complexity index is 904. The van der Waals surface area contributed by atoms with Gasteiger partial charge in [-0.1, -0.05) is 24.3 Å². The molecule has 7 nitrogen and oxygen atoms in total. The molecule has 1 amide bonds. The van der Waals surface area contributed by atoms with Crippen LogP contribution in [0.4, 0.5) is 0 Å². The van der Waals surface area contributed by atoms with E-state index < -0.39 is 0 Å². The average molecular weight is 398 g/mol. The van der Waals surface area contributed by atoms with Crippen LogP contribution < -0.4 is 15.5 Å². The highest BCUT2D eigenvalue weighted by Gasteiger charge is 2.18. The average Bonchev–Trinajstić information content (AvgIpc) is 3.25. The van der Waals surface area contributed by atoms with E-state index in [2.05, 4.69) is 28.4 Å². The largest absolute Gasteiger partial charge is 0.477 e. The van der Waals surface area contributed by atoms with Gasteiger partial charge < -0.3 is 19.2 Å². The number of rotatable bonds is 7. The van der Waals surface area contributed by atoms with Crippen LogP contribution in [0.1, 0.15) is 29.7 Å². The molecule has 154 valence electrons. The second-order valence-electron chi connectivity index (χ2n) is 7.53. The Morgan fingerprint density at radius 3 is 2.93 bits per heavy atom. The molecule has 0 unspecified atom stereocenters. The third kappa shape index (κ3) is 5.25. The SMILES string of the molecule is O=C(COc1coc(CN2CCc3ccccc3C2)cc1=O)NC[C@@H]1CCCO1. The van der Waals surface area contributed by atoms with Gasteiger partial charge in [0.15, 0.2) is 6.61 Å². The molecule has 1 fully saturated rings. The Hall–Kier alpha value is -2.64. The van der Waals surface area contributed by atoms with Gasteiger partial charge >= 0.3 is 0 Å². The predicted octanol–water partition coefficient (Wildman–Crippen LogP) is 1.87. The van der Waals surface area contributed by atoms with E-state index in [1.54, 1.807) is 0 Å². The molecule has 1 aromatic heterocycles. The summed E-state index contributed by atoms with van der Waals surface area (Å²) >= 11 is 0. The minimum atomic E-state index is -0.282. The van der Waals surface area contributed by atoms with Gasteiger partial charge in [-0.3, -0.25) is 14.5 Å². The molecule has 0 bridgehead atoms. The van der Waals surface area contributed by atoms with Crippen LogP contribution in [0, 0.1) is 0 Å². The molecule has 2 aliphatic rings. The summed E-state index contributed by atoms with van der Waals surface area (Å²) in [6, 6.07) is 9.86. The fraction of sp³-hybridized carbons (Fsp3) is 0.455. The molecule has 0 spiro atoms. The first kappa shape index (κ1) is 19.7. The first-order valence-corrected chi connectivity index (χ1v) is 10.1. The molecular weight excluding hydrogens is 372 g/mol. The van der Waals surface area contributed by atoms with Crippen molar-refractivity contribution in [3.05, 3.63) is 63.7 Å². The van der Waals surface area contributed by atoms with Crippen molar-refractivity contribution in [2.75, 3.05) is 26.3 Å². The summed E-state index contributed by atoms with van der Waals surface area (Å²) in [5.74, 6) is 0.352. The minimum Gasteiger partial charge on any atom is -0.477 e. The quantitative estimate of drug-likeness (QED) is 0.767. The van der Waals surface area contributed by atoms with Crippen LogP contribution in [0.25, 0.3) is 0 Å². The Balaban J connectivity index is 1.27. The van der Waals surface area contributed by atoms with Crippen LogP contribution in [-0.2, 0) is 29.0 Å². The molecule has 2 aromatic rings.